The fraction of sp³-hybridized carbons (Fsp3) is 0.250. The molecule has 0 saturated carbocycles. The van der Waals surface area contributed by atoms with Crippen LogP contribution in [0.2, 0.25) is 0 Å². The molecule has 1 aliphatic carbocycles. The monoisotopic (exact) mass is 367 g/mol. The van der Waals surface area contributed by atoms with Gasteiger partial charge in [-0.3, -0.25) is 19.3 Å². The van der Waals surface area contributed by atoms with Crippen LogP contribution in [0.25, 0.3) is 0 Å². The van der Waals surface area contributed by atoms with Crippen molar-refractivity contribution in [3.63, 3.8) is 0 Å². The minimum Gasteiger partial charge on any atom is -0.485 e. The van der Waals surface area contributed by atoms with E-state index in [1.54, 1.807) is 30.3 Å². The molecular formula is C20H17NO4S. The van der Waals surface area contributed by atoms with Gasteiger partial charge in [0, 0.05) is 0 Å². The van der Waals surface area contributed by atoms with Crippen LogP contribution in [0.5, 0.6) is 5.75 Å². The van der Waals surface area contributed by atoms with Gasteiger partial charge in [0.1, 0.15) is 5.75 Å². The molecule has 0 N–H and O–H groups in total. The first-order valence-corrected chi connectivity index (χ1v) is 9.35. The molecule has 1 aliphatic heterocycles. The zero-order valence-corrected chi connectivity index (χ0v) is 14.8. The van der Waals surface area contributed by atoms with Crippen molar-refractivity contribution in [1.82, 2.24) is 0 Å². The molecule has 2 heterocycles. The molecule has 1 aromatic heterocycles. The molecule has 0 spiro atoms. The number of Topliss-reactive ketones (excluding diaryl/α,β-unsaturated/α-hetero) is 1. The fourth-order valence-corrected chi connectivity index (χ4v) is 4.05. The number of thiophene rings is 1. The number of hydrogen-bond donors (Lipinski definition) is 0. The smallest absolute Gasteiger partial charge is 0.238 e. The van der Waals surface area contributed by atoms with Crippen molar-refractivity contribution in [2.75, 3.05) is 11.5 Å². The van der Waals surface area contributed by atoms with Gasteiger partial charge in [0.25, 0.3) is 0 Å². The van der Waals surface area contributed by atoms with E-state index in [1.807, 2.05) is 23.6 Å². The fourth-order valence-electron chi connectivity index (χ4n) is 3.40. The highest BCUT2D eigenvalue weighted by Gasteiger charge is 2.47. The third-order valence-corrected chi connectivity index (χ3v) is 5.68. The predicted octanol–water partition coefficient (Wildman–Crippen LogP) is 3.47. The Labute approximate surface area is 154 Å². The maximum absolute atomic E-state index is 12.6. The number of allylic oxidation sites excluding steroid dienone is 2. The average molecular weight is 367 g/mol. The lowest BCUT2D eigenvalue weighted by Gasteiger charge is -2.15. The lowest BCUT2D eigenvalue weighted by molar-refractivity contribution is -0.122. The van der Waals surface area contributed by atoms with E-state index in [0.717, 1.165) is 0 Å². The summed E-state index contributed by atoms with van der Waals surface area (Å²) in [7, 11) is 0. The summed E-state index contributed by atoms with van der Waals surface area (Å²) in [5, 5.41) is 1.85. The van der Waals surface area contributed by atoms with Crippen LogP contribution in [0.15, 0.2) is 53.9 Å². The average Bonchev–Trinajstić information content (AvgIpc) is 3.29. The Morgan fingerprint density at radius 2 is 1.69 bits per heavy atom. The number of carbonyl (C=O) groups is 3. The van der Waals surface area contributed by atoms with Gasteiger partial charge in [-0.2, -0.15) is 0 Å². The number of amides is 2. The summed E-state index contributed by atoms with van der Waals surface area (Å²) >= 11 is 1.38. The molecule has 0 unspecified atom stereocenters. The maximum atomic E-state index is 12.6. The molecule has 4 rings (SSSR count). The molecule has 2 amide bonds. The highest BCUT2D eigenvalue weighted by Crippen LogP contribution is 2.37. The lowest BCUT2D eigenvalue weighted by Crippen LogP contribution is -2.30. The molecule has 2 atom stereocenters. The number of imide groups is 1. The molecule has 1 aromatic carbocycles. The Hall–Kier alpha value is -2.73. The van der Waals surface area contributed by atoms with Crippen LogP contribution in [0, 0.1) is 11.8 Å². The largest absolute Gasteiger partial charge is 0.485 e. The number of nitrogens with zero attached hydrogens (tertiary/aromatic N) is 1. The summed E-state index contributed by atoms with van der Waals surface area (Å²) in [5.41, 5.74) is 0.548. The van der Waals surface area contributed by atoms with E-state index in [0.29, 0.717) is 29.2 Å². The van der Waals surface area contributed by atoms with Gasteiger partial charge in [0.2, 0.25) is 17.6 Å². The molecule has 6 heteroatoms. The Bertz CT molecular complexity index is 844. The van der Waals surface area contributed by atoms with E-state index in [2.05, 4.69) is 0 Å². The van der Waals surface area contributed by atoms with Gasteiger partial charge in [0.05, 0.1) is 22.4 Å². The molecule has 2 aromatic rings. The Balaban J connectivity index is 1.44. The molecule has 132 valence electrons. The second kappa shape index (κ2) is 6.88. The van der Waals surface area contributed by atoms with E-state index < -0.39 is 0 Å². The number of ketones is 1. The van der Waals surface area contributed by atoms with E-state index in [9.17, 15) is 14.4 Å². The minimum absolute atomic E-state index is 0.0444. The Kier molecular flexibility index (Phi) is 4.42. The summed E-state index contributed by atoms with van der Waals surface area (Å²) in [4.78, 5) is 39.1. The number of hydrogen-bond acceptors (Lipinski definition) is 5. The quantitative estimate of drug-likeness (QED) is 0.461. The van der Waals surface area contributed by atoms with Crippen molar-refractivity contribution < 1.29 is 19.1 Å². The van der Waals surface area contributed by atoms with E-state index in [1.165, 1.54) is 16.2 Å². The second-order valence-electron chi connectivity index (χ2n) is 6.35. The number of ether oxygens (including phenoxy) is 1. The van der Waals surface area contributed by atoms with Gasteiger partial charge in [-0.15, -0.1) is 11.3 Å². The first-order chi connectivity index (χ1) is 12.6. The van der Waals surface area contributed by atoms with Crippen molar-refractivity contribution in [2.45, 2.75) is 12.8 Å². The number of fused-ring (bicyclic) bond motifs is 1. The maximum Gasteiger partial charge on any atom is 0.238 e. The molecule has 26 heavy (non-hydrogen) atoms. The van der Waals surface area contributed by atoms with Crippen LogP contribution in [0.3, 0.4) is 0 Å². The van der Waals surface area contributed by atoms with Crippen molar-refractivity contribution >= 4 is 34.6 Å². The van der Waals surface area contributed by atoms with Gasteiger partial charge < -0.3 is 4.74 Å². The number of anilines is 1. The van der Waals surface area contributed by atoms with Crippen LogP contribution < -0.4 is 9.64 Å². The van der Waals surface area contributed by atoms with E-state index in [-0.39, 0.29) is 36.0 Å². The van der Waals surface area contributed by atoms with Crippen molar-refractivity contribution in [1.29, 1.82) is 0 Å². The van der Waals surface area contributed by atoms with Crippen LogP contribution >= 0.6 is 11.3 Å². The topological polar surface area (TPSA) is 63.7 Å². The van der Waals surface area contributed by atoms with Gasteiger partial charge >= 0.3 is 0 Å². The third kappa shape index (κ3) is 2.97. The summed E-state index contributed by atoms with van der Waals surface area (Å²) in [5.74, 6) is -0.308. The first kappa shape index (κ1) is 16.7. The van der Waals surface area contributed by atoms with Crippen LogP contribution in [0.4, 0.5) is 5.69 Å². The number of benzene rings is 1. The molecule has 0 bridgehead atoms. The Morgan fingerprint density at radius 1 is 1.04 bits per heavy atom. The van der Waals surface area contributed by atoms with Crippen LogP contribution in [-0.4, -0.2) is 24.2 Å². The molecule has 0 radical (unpaired) electrons. The normalized spacial score (nSPS) is 21.8. The summed E-state index contributed by atoms with van der Waals surface area (Å²) in [6.07, 6.45) is 5.18. The molecule has 2 aliphatic rings. The SMILES string of the molecule is O=C(COc1ccc(N2C(=O)[C@H]3CC=CC[C@@H]3C2=O)cc1)c1cccs1. The van der Waals surface area contributed by atoms with Gasteiger partial charge in [-0.1, -0.05) is 18.2 Å². The van der Waals surface area contributed by atoms with Crippen LogP contribution in [-0.2, 0) is 9.59 Å². The lowest BCUT2D eigenvalue weighted by atomic mass is 9.85. The van der Waals surface area contributed by atoms with Gasteiger partial charge in [0.15, 0.2) is 6.61 Å². The van der Waals surface area contributed by atoms with Crippen molar-refractivity contribution in [3.8, 4) is 5.75 Å². The minimum atomic E-state index is -0.244. The molecule has 5 nitrogen and oxygen atoms in total. The van der Waals surface area contributed by atoms with E-state index in [4.69, 9.17) is 4.74 Å². The molecular weight excluding hydrogens is 350 g/mol. The zero-order chi connectivity index (χ0) is 18.1. The zero-order valence-electron chi connectivity index (χ0n) is 14.0. The van der Waals surface area contributed by atoms with Gasteiger partial charge in [-0.05, 0) is 48.6 Å². The van der Waals surface area contributed by atoms with E-state index >= 15 is 0 Å². The third-order valence-electron chi connectivity index (χ3n) is 4.77. The molecule has 1 fully saturated rings. The summed E-state index contributed by atoms with van der Waals surface area (Å²) in [6.45, 7) is -0.0444. The van der Waals surface area contributed by atoms with Crippen molar-refractivity contribution in [2.24, 2.45) is 11.8 Å². The number of carbonyl (C=O) groups excluding carboxylic acids is 3. The number of rotatable bonds is 5. The molecule has 1 saturated heterocycles. The van der Waals surface area contributed by atoms with Crippen molar-refractivity contribution in [3.05, 3.63) is 58.8 Å². The Morgan fingerprint density at radius 3 is 2.27 bits per heavy atom. The standard InChI is InChI=1S/C20H17NO4S/c22-17(18-6-3-11-26-18)12-25-14-9-7-13(8-10-14)21-19(23)15-4-1-2-5-16(15)20(21)24/h1-3,6-11,15-16H,4-5,12H2/t15-,16-/m0/s1. The second-order valence-corrected chi connectivity index (χ2v) is 7.30. The summed E-state index contributed by atoms with van der Waals surface area (Å²) < 4.78 is 5.52. The highest BCUT2D eigenvalue weighted by molar-refractivity contribution is 7.12. The predicted molar refractivity (Wildman–Crippen MR) is 98.4 cm³/mol. The van der Waals surface area contributed by atoms with Crippen LogP contribution in [0.1, 0.15) is 22.5 Å². The first-order valence-electron chi connectivity index (χ1n) is 8.47. The van der Waals surface area contributed by atoms with Gasteiger partial charge in [-0.25, -0.2) is 0 Å². The summed E-state index contributed by atoms with van der Waals surface area (Å²) in [6, 6.07) is 10.3. The highest BCUT2D eigenvalue weighted by atomic mass is 32.1.